The molecule has 1 saturated heterocycles. The van der Waals surface area contributed by atoms with Gasteiger partial charge < -0.3 is 14.2 Å². The lowest BCUT2D eigenvalue weighted by Crippen LogP contribution is -2.27. The van der Waals surface area contributed by atoms with Crippen molar-refractivity contribution in [3.05, 3.63) is 64.0 Å². The Kier molecular flexibility index (Phi) is 7.53. The quantitative estimate of drug-likeness (QED) is 0.362. The number of likely N-dealkylation sites (tertiary alicyclic amines) is 1. The minimum absolute atomic E-state index is 0.0318. The van der Waals surface area contributed by atoms with Crippen LogP contribution in [0.4, 0.5) is 0 Å². The Morgan fingerprint density at radius 2 is 1.81 bits per heavy atom. The Balaban J connectivity index is 1.64. The van der Waals surface area contributed by atoms with E-state index in [4.69, 9.17) is 4.74 Å². The summed E-state index contributed by atoms with van der Waals surface area (Å²) < 4.78 is 7.56. The number of hydrogen-bond donors (Lipinski definition) is 0. The molecular weight excluding hydrogens is 402 g/mol. The van der Waals surface area contributed by atoms with Crippen LogP contribution in [0.2, 0.25) is 0 Å². The van der Waals surface area contributed by atoms with E-state index in [0.29, 0.717) is 11.5 Å². The summed E-state index contributed by atoms with van der Waals surface area (Å²) >= 11 is 0. The van der Waals surface area contributed by atoms with E-state index in [1.165, 1.54) is 0 Å². The fourth-order valence-corrected chi connectivity index (χ4v) is 3.99. The molecule has 3 rings (SSSR count). The summed E-state index contributed by atoms with van der Waals surface area (Å²) in [5, 5.41) is 9.50. The van der Waals surface area contributed by atoms with E-state index in [9.17, 15) is 14.9 Å². The van der Waals surface area contributed by atoms with Crippen LogP contribution in [-0.4, -0.2) is 34.4 Å². The van der Waals surface area contributed by atoms with Crippen LogP contribution in [0.15, 0.2) is 35.9 Å². The summed E-state index contributed by atoms with van der Waals surface area (Å²) in [6.07, 6.45) is 3.70. The zero-order valence-electron chi connectivity index (χ0n) is 19.4. The molecule has 1 aliphatic rings. The van der Waals surface area contributed by atoms with Gasteiger partial charge in [-0.25, -0.2) is 4.79 Å². The van der Waals surface area contributed by atoms with Crippen LogP contribution in [0, 0.1) is 31.1 Å². The van der Waals surface area contributed by atoms with Gasteiger partial charge in [0, 0.05) is 36.6 Å². The van der Waals surface area contributed by atoms with Crippen molar-refractivity contribution >= 4 is 18.0 Å². The van der Waals surface area contributed by atoms with Gasteiger partial charge in [0.25, 0.3) is 5.91 Å². The number of aromatic nitrogens is 1. The van der Waals surface area contributed by atoms with Gasteiger partial charge in [0.2, 0.25) is 0 Å². The highest BCUT2D eigenvalue weighted by molar-refractivity contribution is 5.98. The third-order valence-electron chi connectivity index (χ3n) is 5.76. The van der Waals surface area contributed by atoms with Gasteiger partial charge in [0.15, 0.2) is 0 Å². The van der Waals surface area contributed by atoms with Crippen molar-refractivity contribution < 1.29 is 14.3 Å². The van der Waals surface area contributed by atoms with Gasteiger partial charge in [-0.05, 0) is 68.0 Å². The Labute approximate surface area is 190 Å². The van der Waals surface area contributed by atoms with Crippen molar-refractivity contribution in [1.29, 1.82) is 5.26 Å². The molecule has 0 saturated carbocycles. The molecule has 1 aromatic heterocycles. The zero-order chi connectivity index (χ0) is 23.3. The Morgan fingerprint density at radius 1 is 1.16 bits per heavy atom. The van der Waals surface area contributed by atoms with Crippen LogP contribution >= 0.6 is 0 Å². The number of carbonyl (C=O) groups is 2. The number of rotatable bonds is 7. The molecule has 32 heavy (non-hydrogen) atoms. The van der Waals surface area contributed by atoms with Crippen LogP contribution in [0.25, 0.3) is 6.08 Å². The Bertz CT molecular complexity index is 1050. The average molecular weight is 434 g/mol. The summed E-state index contributed by atoms with van der Waals surface area (Å²) in [4.78, 5) is 26.8. The first-order valence-corrected chi connectivity index (χ1v) is 11.1. The van der Waals surface area contributed by atoms with Gasteiger partial charge in [-0.1, -0.05) is 26.0 Å². The third-order valence-corrected chi connectivity index (χ3v) is 5.76. The van der Waals surface area contributed by atoms with Crippen molar-refractivity contribution in [2.75, 3.05) is 13.1 Å². The van der Waals surface area contributed by atoms with Gasteiger partial charge in [-0.3, -0.25) is 4.79 Å². The molecule has 1 aliphatic heterocycles. The normalized spacial score (nSPS) is 14.0. The molecule has 0 atom stereocenters. The van der Waals surface area contributed by atoms with Crippen molar-refractivity contribution in [1.82, 2.24) is 9.47 Å². The van der Waals surface area contributed by atoms with E-state index in [1.54, 1.807) is 30.3 Å². The van der Waals surface area contributed by atoms with Crippen LogP contribution in [0.5, 0.6) is 0 Å². The van der Waals surface area contributed by atoms with Gasteiger partial charge in [0.1, 0.15) is 18.2 Å². The summed E-state index contributed by atoms with van der Waals surface area (Å²) in [5.74, 6) is -0.122. The minimum Gasteiger partial charge on any atom is -0.457 e. The molecule has 2 aromatic rings. The van der Waals surface area contributed by atoms with E-state index in [2.05, 4.69) is 18.4 Å². The molecule has 6 heteroatoms. The van der Waals surface area contributed by atoms with Gasteiger partial charge in [-0.15, -0.1) is 0 Å². The summed E-state index contributed by atoms with van der Waals surface area (Å²) in [6.45, 7) is 10.9. The Hall–Kier alpha value is -3.33. The summed E-state index contributed by atoms with van der Waals surface area (Å²) in [5.41, 5.74) is 4.34. The van der Waals surface area contributed by atoms with Gasteiger partial charge >= 0.3 is 5.97 Å². The molecular formula is C26H31N3O3. The lowest BCUT2D eigenvalue weighted by Gasteiger charge is -2.15. The van der Waals surface area contributed by atoms with E-state index in [-0.39, 0.29) is 18.1 Å². The summed E-state index contributed by atoms with van der Waals surface area (Å²) in [6, 6.07) is 11.0. The SMILES string of the molecule is Cc1cc(/C=C(\C#N)C(=O)OCc2ccc(C(=O)N3CCCC3)cc2)c(C)n1CC(C)C. The number of amides is 1. The number of aryl methyl sites for hydroxylation is 1. The monoisotopic (exact) mass is 433 g/mol. The van der Waals surface area contributed by atoms with E-state index < -0.39 is 5.97 Å². The molecule has 0 bridgehead atoms. The van der Waals surface area contributed by atoms with Crippen LogP contribution in [0.1, 0.15) is 59.6 Å². The molecule has 1 amide bonds. The molecule has 1 aromatic carbocycles. The second-order valence-electron chi connectivity index (χ2n) is 8.77. The number of esters is 1. The molecule has 0 aliphatic carbocycles. The number of carbonyl (C=O) groups excluding carboxylic acids is 2. The largest absolute Gasteiger partial charge is 0.457 e. The third kappa shape index (κ3) is 5.47. The lowest BCUT2D eigenvalue weighted by molar-refractivity contribution is -0.139. The van der Waals surface area contributed by atoms with Crippen LogP contribution in [-0.2, 0) is 22.7 Å². The highest BCUT2D eigenvalue weighted by Crippen LogP contribution is 2.20. The maximum absolute atomic E-state index is 12.5. The highest BCUT2D eigenvalue weighted by atomic mass is 16.5. The molecule has 0 spiro atoms. The summed E-state index contributed by atoms with van der Waals surface area (Å²) in [7, 11) is 0. The maximum atomic E-state index is 12.5. The molecule has 6 nitrogen and oxygen atoms in total. The number of nitrogens with zero attached hydrogens (tertiary/aromatic N) is 3. The van der Waals surface area contributed by atoms with E-state index in [0.717, 1.165) is 55.0 Å². The van der Waals surface area contributed by atoms with Crippen molar-refractivity contribution in [3.8, 4) is 6.07 Å². The Morgan fingerprint density at radius 3 is 2.41 bits per heavy atom. The smallest absolute Gasteiger partial charge is 0.349 e. The zero-order valence-corrected chi connectivity index (χ0v) is 19.4. The second kappa shape index (κ2) is 10.3. The van der Waals surface area contributed by atoms with Crippen LogP contribution in [0.3, 0.4) is 0 Å². The topological polar surface area (TPSA) is 75.3 Å². The fraction of sp³-hybridized carbons (Fsp3) is 0.423. The number of ether oxygens (including phenoxy) is 1. The van der Waals surface area contributed by atoms with Crippen LogP contribution < -0.4 is 0 Å². The van der Waals surface area contributed by atoms with Crippen molar-refractivity contribution in [2.24, 2.45) is 5.92 Å². The van der Waals surface area contributed by atoms with E-state index in [1.807, 2.05) is 30.9 Å². The first kappa shape index (κ1) is 23.3. The second-order valence-corrected chi connectivity index (χ2v) is 8.77. The van der Waals surface area contributed by atoms with Gasteiger partial charge in [0.05, 0.1) is 0 Å². The predicted molar refractivity (Wildman–Crippen MR) is 124 cm³/mol. The number of benzene rings is 1. The average Bonchev–Trinajstić information content (AvgIpc) is 3.40. The first-order chi connectivity index (χ1) is 15.3. The molecule has 0 N–H and O–H groups in total. The number of hydrogen-bond acceptors (Lipinski definition) is 4. The standard InChI is InChI=1S/C26H31N3O3/c1-18(2)16-29-19(3)13-23(20(29)4)14-24(15-27)26(31)32-17-21-7-9-22(10-8-21)25(30)28-11-5-6-12-28/h7-10,13-14,18H,5-6,11-12,16-17H2,1-4H3/b24-14+. The van der Waals surface area contributed by atoms with Crippen molar-refractivity contribution in [3.63, 3.8) is 0 Å². The lowest BCUT2D eigenvalue weighted by atomic mass is 10.1. The molecule has 0 radical (unpaired) electrons. The first-order valence-electron chi connectivity index (χ1n) is 11.1. The molecule has 168 valence electrons. The molecule has 1 fully saturated rings. The minimum atomic E-state index is -0.654. The molecule has 2 heterocycles. The fourth-order valence-electron chi connectivity index (χ4n) is 3.99. The molecule has 0 unspecified atom stereocenters. The highest BCUT2D eigenvalue weighted by Gasteiger charge is 2.19. The van der Waals surface area contributed by atoms with Crippen molar-refractivity contribution in [2.45, 2.75) is 53.7 Å². The maximum Gasteiger partial charge on any atom is 0.349 e. The van der Waals surface area contributed by atoms with Gasteiger partial charge in [-0.2, -0.15) is 5.26 Å². The predicted octanol–water partition coefficient (Wildman–Crippen LogP) is 4.65. The van der Waals surface area contributed by atoms with E-state index >= 15 is 0 Å². The number of nitriles is 1.